The van der Waals surface area contributed by atoms with Gasteiger partial charge in [0.15, 0.2) is 0 Å². The first kappa shape index (κ1) is 17.1. The molecule has 26 heavy (non-hydrogen) atoms. The van der Waals surface area contributed by atoms with E-state index >= 15 is 0 Å². The second-order valence-corrected chi connectivity index (χ2v) is 7.20. The summed E-state index contributed by atoms with van der Waals surface area (Å²) in [4.78, 5) is 19.0. The van der Waals surface area contributed by atoms with Crippen LogP contribution < -0.4 is 5.32 Å². The minimum absolute atomic E-state index is 0.0430. The number of hydrogen-bond donors (Lipinski definition) is 1. The van der Waals surface area contributed by atoms with Gasteiger partial charge in [0, 0.05) is 24.7 Å². The van der Waals surface area contributed by atoms with Gasteiger partial charge in [-0.15, -0.1) is 0 Å². The lowest BCUT2D eigenvalue weighted by Gasteiger charge is -2.30. The Bertz CT molecular complexity index is 859. The van der Waals surface area contributed by atoms with Crippen LogP contribution in [0, 0.1) is 6.92 Å². The molecule has 0 aliphatic carbocycles. The summed E-state index contributed by atoms with van der Waals surface area (Å²) in [5.41, 5.74) is 2.26. The van der Waals surface area contributed by atoms with E-state index in [0.29, 0.717) is 13.1 Å². The molecule has 1 N–H and O–H groups in total. The number of aryl methyl sites for hydroxylation is 2. The molecule has 0 saturated carbocycles. The minimum Gasteiger partial charge on any atom is -0.328 e. The molecule has 2 amide bonds. The third kappa shape index (κ3) is 3.33. The number of amides is 2. The zero-order chi connectivity index (χ0) is 18.1. The first-order chi connectivity index (χ1) is 12.6. The summed E-state index contributed by atoms with van der Waals surface area (Å²) < 4.78 is 1.91. The molecule has 2 aromatic rings. The average molecular weight is 372 g/mol. The molecule has 0 radical (unpaired) electrons. The summed E-state index contributed by atoms with van der Waals surface area (Å²) in [7, 11) is 0. The van der Waals surface area contributed by atoms with E-state index in [4.69, 9.17) is 11.6 Å². The summed E-state index contributed by atoms with van der Waals surface area (Å²) in [6.45, 7) is 4.03. The van der Waals surface area contributed by atoms with Crippen LogP contribution in [0.5, 0.6) is 0 Å². The highest BCUT2D eigenvalue weighted by atomic mass is 35.5. The van der Waals surface area contributed by atoms with Gasteiger partial charge in [-0.3, -0.25) is 0 Å². The zero-order valence-electron chi connectivity index (χ0n) is 14.8. The third-order valence-electron chi connectivity index (χ3n) is 4.99. The fourth-order valence-corrected chi connectivity index (χ4v) is 3.92. The number of halogens is 1. The number of urea groups is 1. The third-order valence-corrected chi connectivity index (χ3v) is 5.32. The minimum atomic E-state index is -0.0635. The van der Waals surface area contributed by atoms with E-state index in [0.717, 1.165) is 48.0 Å². The average Bonchev–Trinajstić information content (AvgIpc) is 3.04. The van der Waals surface area contributed by atoms with E-state index in [2.05, 4.69) is 21.5 Å². The van der Waals surface area contributed by atoms with Gasteiger partial charge in [-0.2, -0.15) is 5.10 Å². The number of nitrogens with one attached hydrogen (secondary N) is 1. The molecule has 1 aromatic carbocycles. The lowest BCUT2D eigenvalue weighted by atomic mass is 9.99. The molecule has 0 fully saturated rings. The Morgan fingerprint density at radius 2 is 2.15 bits per heavy atom. The van der Waals surface area contributed by atoms with Crippen LogP contribution in [0.3, 0.4) is 0 Å². The number of nitrogens with zero attached hydrogens (tertiary/aromatic N) is 4. The van der Waals surface area contributed by atoms with Crippen molar-refractivity contribution in [3.8, 4) is 0 Å². The van der Waals surface area contributed by atoms with Gasteiger partial charge < -0.3 is 10.2 Å². The first-order valence-corrected chi connectivity index (χ1v) is 9.40. The standard InChI is InChI=1S/C19H22ClN5O/c1-13-21-18-17(7-4-10-25(18)23-13)22-19(26)24-11-8-14(9-12-24)15-5-2-3-6-16(15)20/h2-3,5-6,8,17H,4,7,9-12H2,1H3,(H,22,26). The Morgan fingerprint density at radius 3 is 2.92 bits per heavy atom. The number of carbonyl (C=O) groups is 1. The van der Waals surface area contributed by atoms with E-state index in [1.54, 1.807) is 0 Å². The van der Waals surface area contributed by atoms with Crippen LogP contribution >= 0.6 is 11.6 Å². The Kier molecular flexibility index (Phi) is 4.68. The van der Waals surface area contributed by atoms with Gasteiger partial charge in [-0.05, 0) is 43.4 Å². The topological polar surface area (TPSA) is 63.1 Å². The summed E-state index contributed by atoms with van der Waals surface area (Å²) in [6, 6.07) is 7.74. The molecule has 2 aliphatic heterocycles. The van der Waals surface area contributed by atoms with Crippen molar-refractivity contribution in [1.29, 1.82) is 0 Å². The normalized spacial score (nSPS) is 19.7. The van der Waals surface area contributed by atoms with Gasteiger partial charge >= 0.3 is 6.03 Å². The maximum absolute atomic E-state index is 12.7. The van der Waals surface area contributed by atoms with Crippen LogP contribution in [0.1, 0.15) is 42.5 Å². The fourth-order valence-electron chi connectivity index (χ4n) is 3.67. The van der Waals surface area contributed by atoms with Crippen molar-refractivity contribution in [2.24, 2.45) is 0 Å². The SMILES string of the molecule is Cc1nc2n(n1)CCCC2NC(=O)N1CC=C(c2ccccc2Cl)CC1. The molecule has 136 valence electrons. The Hall–Kier alpha value is -2.34. The van der Waals surface area contributed by atoms with Crippen LogP contribution in [0.4, 0.5) is 4.79 Å². The maximum Gasteiger partial charge on any atom is 0.318 e. The summed E-state index contributed by atoms with van der Waals surface area (Å²) in [5.74, 6) is 1.62. The smallest absolute Gasteiger partial charge is 0.318 e. The van der Waals surface area contributed by atoms with Crippen molar-refractivity contribution in [1.82, 2.24) is 25.0 Å². The molecule has 7 heteroatoms. The Balaban J connectivity index is 1.42. The van der Waals surface area contributed by atoms with Gasteiger partial charge in [0.1, 0.15) is 11.6 Å². The monoisotopic (exact) mass is 371 g/mol. The van der Waals surface area contributed by atoms with Crippen LogP contribution in [0.2, 0.25) is 5.02 Å². The lowest BCUT2D eigenvalue weighted by Crippen LogP contribution is -2.44. The highest BCUT2D eigenvalue weighted by Crippen LogP contribution is 2.29. The summed E-state index contributed by atoms with van der Waals surface area (Å²) >= 11 is 6.29. The van der Waals surface area contributed by atoms with Crippen molar-refractivity contribution >= 4 is 23.2 Å². The quantitative estimate of drug-likeness (QED) is 0.877. The molecular weight excluding hydrogens is 350 g/mol. The van der Waals surface area contributed by atoms with Crippen LogP contribution in [-0.2, 0) is 6.54 Å². The molecule has 6 nitrogen and oxygen atoms in total. The highest BCUT2D eigenvalue weighted by Gasteiger charge is 2.27. The molecule has 0 spiro atoms. The molecule has 1 unspecified atom stereocenters. The lowest BCUT2D eigenvalue weighted by molar-refractivity contribution is 0.195. The van der Waals surface area contributed by atoms with Gasteiger partial charge in [0.05, 0.1) is 6.04 Å². The van der Waals surface area contributed by atoms with E-state index in [1.165, 1.54) is 5.57 Å². The van der Waals surface area contributed by atoms with Gasteiger partial charge in [0.25, 0.3) is 0 Å². The van der Waals surface area contributed by atoms with E-state index in [9.17, 15) is 4.79 Å². The number of hydrogen-bond acceptors (Lipinski definition) is 3. The van der Waals surface area contributed by atoms with Crippen molar-refractivity contribution in [2.45, 2.75) is 38.8 Å². The van der Waals surface area contributed by atoms with Crippen molar-refractivity contribution in [3.63, 3.8) is 0 Å². The molecule has 4 rings (SSSR count). The highest BCUT2D eigenvalue weighted by molar-refractivity contribution is 6.32. The number of rotatable bonds is 2. The van der Waals surface area contributed by atoms with Gasteiger partial charge in [-0.25, -0.2) is 14.5 Å². The largest absolute Gasteiger partial charge is 0.328 e. The Morgan fingerprint density at radius 1 is 1.31 bits per heavy atom. The number of fused-ring (bicyclic) bond motifs is 1. The predicted molar refractivity (Wildman–Crippen MR) is 101 cm³/mol. The van der Waals surface area contributed by atoms with Crippen LogP contribution in [-0.4, -0.2) is 38.8 Å². The van der Waals surface area contributed by atoms with Crippen molar-refractivity contribution in [2.75, 3.05) is 13.1 Å². The van der Waals surface area contributed by atoms with Crippen LogP contribution in [0.25, 0.3) is 5.57 Å². The van der Waals surface area contributed by atoms with Crippen LogP contribution in [0.15, 0.2) is 30.3 Å². The number of aromatic nitrogens is 3. The molecule has 0 bridgehead atoms. The fraction of sp³-hybridized carbons (Fsp3) is 0.421. The second kappa shape index (κ2) is 7.11. The Labute approximate surface area is 157 Å². The molecule has 3 heterocycles. The van der Waals surface area contributed by atoms with Gasteiger partial charge in [-0.1, -0.05) is 35.9 Å². The maximum atomic E-state index is 12.7. The summed E-state index contributed by atoms with van der Waals surface area (Å²) in [6.07, 6.45) is 4.80. The molecule has 1 atom stereocenters. The second-order valence-electron chi connectivity index (χ2n) is 6.79. The number of carbonyl (C=O) groups excluding carboxylic acids is 1. The molecule has 0 saturated heterocycles. The van der Waals surface area contributed by atoms with Gasteiger partial charge in [0.2, 0.25) is 0 Å². The van der Waals surface area contributed by atoms with Crippen molar-refractivity contribution in [3.05, 3.63) is 52.6 Å². The molecule has 2 aliphatic rings. The first-order valence-electron chi connectivity index (χ1n) is 9.02. The number of benzene rings is 1. The zero-order valence-corrected chi connectivity index (χ0v) is 15.5. The van der Waals surface area contributed by atoms with Crippen molar-refractivity contribution < 1.29 is 4.79 Å². The molecule has 1 aromatic heterocycles. The van der Waals surface area contributed by atoms with E-state index < -0.39 is 0 Å². The predicted octanol–water partition coefficient (Wildman–Crippen LogP) is 3.57. The van der Waals surface area contributed by atoms with E-state index in [1.807, 2.05) is 40.8 Å². The summed E-state index contributed by atoms with van der Waals surface area (Å²) in [5, 5.41) is 8.28. The van der Waals surface area contributed by atoms with E-state index in [-0.39, 0.29) is 12.1 Å². The molecular formula is C19H22ClN5O.